The van der Waals surface area contributed by atoms with Gasteiger partial charge in [-0.25, -0.2) is 9.18 Å². The Morgan fingerprint density at radius 2 is 1.59 bits per heavy atom. The molecule has 2 rings (SSSR count). The number of hydrogen-bond donors (Lipinski definition) is 3. The number of benzene rings is 2. The number of hydrogen-bond acceptors (Lipinski definition) is 2. The average Bonchev–Trinajstić information content (AvgIpc) is 2.54. The zero-order chi connectivity index (χ0) is 15.8. The fourth-order valence-electron chi connectivity index (χ4n) is 1.76. The van der Waals surface area contributed by atoms with Gasteiger partial charge in [-0.3, -0.25) is 4.79 Å². The SMILES string of the molecule is O=C(CNC(=O)NCc1ccccc1)Nc1ccccc1F. The van der Waals surface area contributed by atoms with Gasteiger partial charge in [0.15, 0.2) is 0 Å². The molecule has 0 saturated heterocycles. The summed E-state index contributed by atoms with van der Waals surface area (Å²) in [6.07, 6.45) is 0. The fraction of sp³-hybridized carbons (Fsp3) is 0.125. The second-order valence-electron chi connectivity index (χ2n) is 4.55. The Balaban J connectivity index is 1.72. The molecule has 0 heterocycles. The summed E-state index contributed by atoms with van der Waals surface area (Å²) in [7, 11) is 0. The van der Waals surface area contributed by atoms with Gasteiger partial charge in [-0.1, -0.05) is 42.5 Å². The average molecular weight is 301 g/mol. The summed E-state index contributed by atoms with van der Waals surface area (Å²) in [4.78, 5) is 23.2. The lowest BCUT2D eigenvalue weighted by Crippen LogP contribution is -2.39. The molecule has 0 radical (unpaired) electrons. The lowest BCUT2D eigenvalue weighted by Gasteiger charge is -2.09. The van der Waals surface area contributed by atoms with Gasteiger partial charge in [0.05, 0.1) is 12.2 Å². The Labute approximate surface area is 127 Å². The number of rotatable bonds is 5. The van der Waals surface area contributed by atoms with Gasteiger partial charge in [-0.2, -0.15) is 0 Å². The van der Waals surface area contributed by atoms with Crippen LogP contribution in [0.4, 0.5) is 14.9 Å². The summed E-state index contributed by atoms with van der Waals surface area (Å²) in [6, 6.07) is 14.8. The molecule has 22 heavy (non-hydrogen) atoms. The smallest absolute Gasteiger partial charge is 0.315 e. The van der Waals surface area contributed by atoms with Gasteiger partial charge in [-0.05, 0) is 17.7 Å². The quantitative estimate of drug-likeness (QED) is 0.793. The van der Waals surface area contributed by atoms with E-state index in [9.17, 15) is 14.0 Å². The van der Waals surface area contributed by atoms with E-state index >= 15 is 0 Å². The van der Waals surface area contributed by atoms with Crippen molar-refractivity contribution in [2.75, 3.05) is 11.9 Å². The molecule has 0 aromatic heterocycles. The van der Waals surface area contributed by atoms with E-state index in [1.54, 1.807) is 6.07 Å². The molecule has 2 aromatic carbocycles. The molecule has 0 atom stereocenters. The first-order valence-corrected chi connectivity index (χ1v) is 6.75. The predicted octanol–water partition coefficient (Wildman–Crippen LogP) is 2.26. The molecule has 0 unspecified atom stereocenters. The van der Waals surface area contributed by atoms with Gasteiger partial charge in [-0.15, -0.1) is 0 Å². The van der Waals surface area contributed by atoms with E-state index in [4.69, 9.17) is 0 Å². The number of nitrogens with one attached hydrogen (secondary N) is 3. The van der Waals surface area contributed by atoms with Crippen LogP contribution in [0.2, 0.25) is 0 Å². The molecule has 5 nitrogen and oxygen atoms in total. The number of para-hydroxylation sites is 1. The Hall–Kier alpha value is -2.89. The van der Waals surface area contributed by atoms with Gasteiger partial charge in [0.2, 0.25) is 5.91 Å². The third kappa shape index (κ3) is 4.90. The molecule has 0 fully saturated rings. The van der Waals surface area contributed by atoms with E-state index in [0.29, 0.717) is 6.54 Å². The predicted molar refractivity (Wildman–Crippen MR) is 81.7 cm³/mol. The number of carbonyl (C=O) groups is 2. The Kier molecular flexibility index (Phi) is 5.48. The van der Waals surface area contributed by atoms with Gasteiger partial charge in [0, 0.05) is 6.54 Å². The Morgan fingerprint density at radius 1 is 0.909 bits per heavy atom. The molecule has 6 heteroatoms. The fourth-order valence-corrected chi connectivity index (χ4v) is 1.76. The summed E-state index contributed by atoms with van der Waals surface area (Å²) >= 11 is 0. The van der Waals surface area contributed by atoms with Crippen molar-refractivity contribution in [3.05, 3.63) is 66.0 Å². The summed E-state index contributed by atoms with van der Waals surface area (Å²) in [5.74, 6) is -1.02. The number of amides is 3. The van der Waals surface area contributed by atoms with Gasteiger partial charge in [0.1, 0.15) is 5.82 Å². The van der Waals surface area contributed by atoms with Crippen molar-refractivity contribution in [3.63, 3.8) is 0 Å². The molecule has 3 N–H and O–H groups in total. The lowest BCUT2D eigenvalue weighted by molar-refractivity contribution is -0.115. The summed E-state index contributed by atoms with van der Waals surface area (Å²) < 4.78 is 13.3. The first-order chi connectivity index (χ1) is 10.6. The van der Waals surface area contributed by atoms with Crippen LogP contribution in [-0.4, -0.2) is 18.5 Å². The van der Waals surface area contributed by atoms with E-state index in [-0.39, 0.29) is 12.2 Å². The van der Waals surface area contributed by atoms with Crippen LogP contribution in [0.5, 0.6) is 0 Å². The van der Waals surface area contributed by atoms with Crippen molar-refractivity contribution in [2.24, 2.45) is 0 Å². The highest BCUT2D eigenvalue weighted by Crippen LogP contribution is 2.11. The van der Waals surface area contributed by atoms with Crippen LogP contribution in [0.3, 0.4) is 0 Å². The molecule has 3 amide bonds. The molecular weight excluding hydrogens is 285 g/mol. The largest absolute Gasteiger partial charge is 0.334 e. The first-order valence-electron chi connectivity index (χ1n) is 6.75. The van der Waals surface area contributed by atoms with Crippen molar-refractivity contribution in [3.8, 4) is 0 Å². The minimum Gasteiger partial charge on any atom is -0.334 e. The molecule has 2 aromatic rings. The monoisotopic (exact) mass is 301 g/mol. The van der Waals surface area contributed by atoms with E-state index < -0.39 is 17.8 Å². The maximum absolute atomic E-state index is 13.3. The maximum atomic E-state index is 13.3. The Bertz CT molecular complexity index is 647. The number of urea groups is 1. The number of anilines is 1. The molecular formula is C16H16FN3O2. The third-order valence-corrected chi connectivity index (χ3v) is 2.85. The molecule has 0 saturated carbocycles. The highest BCUT2D eigenvalue weighted by Gasteiger charge is 2.07. The highest BCUT2D eigenvalue weighted by atomic mass is 19.1. The van der Waals surface area contributed by atoms with Crippen LogP contribution in [0, 0.1) is 5.82 Å². The second-order valence-corrected chi connectivity index (χ2v) is 4.55. The van der Waals surface area contributed by atoms with Crippen LogP contribution in [0.1, 0.15) is 5.56 Å². The van der Waals surface area contributed by atoms with Gasteiger partial charge < -0.3 is 16.0 Å². The van der Waals surface area contributed by atoms with Crippen LogP contribution >= 0.6 is 0 Å². The van der Waals surface area contributed by atoms with Crippen LogP contribution in [-0.2, 0) is 11.3 Å². The van der Waals surface area contributed by atoms with Gasteiger partial charge in [0.25, 0.3) is 0 Å². The van der Waals surface area contributed by atoms with Crippen molar-refractivity contribution in [1.29, 1.82) is 0 Å². The lowest BCUT2D eigenvalue weighted by atomic mass is 10.2. The highest BCUT2D eigenvalue weighted by molar-refractivity contribution is 5.94. The summed E-state index contributed by atoms with van der Waals surface area (Å²) in [5.41, 5.74) is 1.03. The zero-order valence-corrected chi connectivity index (χ0v) is 11.8. The van der Waals surface area contributed by atoms with Crippen molar-refractivity contribution in [1.82, 2.24) is 10.6 Å². The molecule has 0 bridgehead atoms. The minimum absolute atomic E-state index is 0.0824. The normalized spacial score (nSPS) is 9.86. The van der Waals surface area contributed by atoms with Crippen molar-refractivity contribution < 1.29 is 14.0 Å². The number of carbonyl (C=O) groups excluding carboxylic acids is 2. The maximum Gasteiger partial charge on any atom is 0.315 e. The van der Waals surface area contributed by atoms with E-state index in [0.717, 1.165) is 5.56 Å². The summed E-state index contributed by atoms with van der Waals surface area (Å²) in [5, 5.41) is 7.42. The topological polar surface area (TPSA) is 70.2 Å². The van der Waals surface area contributed by atoms with Crippen LogP contribution < -0.4 is 16.0 Å². The van der Waals surface area contributed by atoms with Crippen LogP contribution in [0.15, 0.2) is 54.6 Å². The van der Waals surface area contributed by atoms with Gasteiger partial charge >= 0.3 is 6.03 Å². The molecule has 0 spiro atoms. The van der Waals surface area contributed by atoms with E-state index in [2.05, 4.69) is 16.0 Å². The van der Waals surface area contributed by atoms with E-state index in [1.165, 1.54) is 18.2 Å². The van der Waals surface area contributed by atoms with Crippen molar-refractivity contribution in [2.45, 2.75) is 6.54 Å². The minimum atomic E-state index is -0.524. The standard InChI is InChI=1S/C16H16FN3O2/c17-13-8-4-5-9-14(13)20-15(21)11-19-16(22)18-10-12-6-2-1-3-7-12/h1-9H,10-11H2,(H,20,21)(H2,18,19,22). The molecule has 0 aliphatic carbocycles. The Morgan fingerprint density at radius 3 is 2.32 bits per heavy atom. The van der Waals surface area contributed by atoms with Crippen LogP contribution in [0.25, 0.3) is 0 Å². The third-order valence-electron chi connectivity index (χ3n) is 2.85. The molecule has 0 aliphatic heterocycles. The van der Waals surface area contributed by atoms with Crippen molar-refractivity contribution >= 4 is 17.6 Å². The zero-order valence-electron chi connectivity index (χ0n) is 11.8. The molecule has 0 aliphatic rings. The second kappa shape index (κ2) is 7.78. The summed E-state index contributed by atoms with van der Waals surface area (Å²) in [6.45, 7) is 0.122. The molecule has 114 valence electrons. The number of halogens is 1. The van der Waals surface area contributed by atoms with E-state index in [1.807, 2.05) is 30.3 Å². The first kappa shape index (κ1) is 15.5.